The summed E-state index contributed by atoms with van der Waals surface area (Å²) in [6, 6.07) is 8.73. The number of carboxylic acids is 1. The van der Waals surface area contributed by atoms with E-state index < -0.39 is 17.7 Å². The van der Waals surface area contributed by atoms with Gasteiger partial charge in [0.05, 0.1) is 25.6 Å². The third-order valence-corrected chi connectivity index (χ3v) is 5.27. The van der Waals surface area contributed by atoms with Gasteiger partial charge in [-0.15, -0.1) is 0 Å². The molecule has 3 aromatic rings. The van der Waals surface area contributed by atoms with E-state index in [-0.39, 0.29) is 40.8 Å². The minimum Gasteiger partial charge on any atom is -0.502 e. The highest BCUT2D eigenvalue weighted by molar-refractivity contribution is 6.04. The average molecular weight is 426 g/mol. The maximum Gasteiger partial charge on any atom is 0.339 e. The van der Waals surface area contributed by atoms with Crippen molar-refractivity contribution in [1.29, 1.82) is 0 Å². The van der Waals surface area contributed by atoms with Crippen molar-refractivity contribution in [3.8, 4) is 22.9 Å². The highest BCUT2D eigenvalue weighted by Crippen LogP contribution is 2.46. The Hall–Kier alpha value is -4.01. The van der Waals surface area contributed by atoms with Gasteiger partial charge in [0.1, 0.15) is 11.4 Å². The van der Waals surface area contributed by atoms with Crippen LogP contribution >= 0.6 is 0 Å². The lowest BCUT2D eigenvalue weighted by Crippen LogP contribution is -2.25. The number of nitrogens with zero attached hydrogens (tertiary/aromatic N) is 1. The SMILES string of the molecule is COc1cc([C@H]2CC(=O)Nc3c(C(=O)O)cn(-c4ccc(F)cc4)c32)cc(OC)c1O. The number of ether oxygens (including phenoxy) is 2. The van der Waals surface area contributed by atoms with Crippen molar-refractivity contribution in [2.45, 2.75) is 12.3 Å². The Morgan fingerprint density at radius 3 is 2.32 bits per heavy atom. The number of phenolic OH excluding ortho intramolecular Hbond substituents is 1. The first-order chi connectivity index (χ1) is 14.8. The Kier molecular flexibility index (Phi) is 5.02. The second-order valence-corrected chi connectivity index (χ2v) is 7.03. The zero-order valence-corrected chi connectivity index (χ0v) is 16.7. The molecule has 0 saturated heterocycles. The van der Waals surface area contributed by atoms with Gasteiger partial charge < -0.3 is 29.6 Å². The molecule has 0 spiro atoms. The van der Waals surface area contributed by atoms with E-state index in [4.69, 9.17) is 9.47 Å². The number of carbonyl (C=O) groups is 2. The minimum atomic E-state index is -1.21. The van der Waals surface area contributed by atoms with Crippen LogP contribution in [-0.2, 0) is 4.79 Å². The van der Waals surface area contributed by atoms with Crippen LogP contribution in [0.2, 0.25) is 0 Å². The molecule has 2 heterocycles. The number of halogens is 1. The Labute approximate surface area is 176 Å². The van der Waals surface area contributed by atoms with Gasteiger partial charge >= 0.3 is 5.97 Å². The van der Waals surface area contributed by atoms with Crippen molar-refractivity contribution in [3.63, 3.8) is 0 Å². The Balaban J connectivity index is 1.98. The first kappa shape index (κ1) is 20.3. The predicted molar refractivity (Wildman–Crippen MR) is 109 cm³/mol. The van der Waals surface area contributed by atoms with Gasteiger partial charge in [0.2, 0.25) is 11.7 Å². The van der Waals surface area contributed by atoms with Crippen LogP contribution in [0, 0.1) is 5.82 Å². The number of benzene rings is 2. The van der Waals surface area contributed by atoms with E-state index in [1.54, 1.807) is 16.7 Å². The maximum atomic E-state index is 13.5. The number of hydrogen-bond acceptors (Lipinski definition) is 5. The topological polar surface area (TPSA) is 110 Å². The number of hydrogen-bond donors (Lipinski definition) is 3. The first-order valence-electron chi connectivity index (χ1n) is 9.33. The summed E-state index contributed by atoms with van der Waals surface area (Å²) in [6.45, 7) is 0. The van der Waals surface area contributed by atoms with Gasteiger partial charge in [-0.1, -0.05) is 0 Å². The number of rotatable bonds is 5. The highest BCUT2D eigenvalue weighted by atomic mass is 19.1. The summed E-state index contributed by atoms with van der Waals surface area (Å²) in [5, 5.41) is 22.6. The van der Waals surface area contributed by atoms with E-state index in [0.29, 0.717) is 16.9 Å². The molecule has 1 aliphatic heterocycles. The average Bonchev–Trinajstić information content (AvgIpc) is 3.13. The van der Waals surface area contributed by atoms with Crippen LogP contribution in [0.4, 0.5) is 10.1 Å². The highest BCUT2D eigenvalue weighted by Gasteiger charge is 2.35. The molecule has 8 nitrogen and oxygen atoms in total. The standard InChI is InChI=1S/C22H19FN2O6/c1-30-16-7-11(8-17(31-2)21(16)27)14-9-18(26)24-19-15(22(28)29)10-25(20(14)19)13-5-3-12(23)4-6-13/h3-8,10,14,27H,9H2,1-2H3,(H,24,26)(H,28,29)/t14-/m1/s1. The van der Waals surface area contributed by atoms with Crippen LogP contribution < -0.4 is 14.8 Å². The molecule has 0 saturated carbocycles. The molecule has 9 heteroatoms. The number of amides is 1. The smallest absolute Gasteiger partial charge is 0.339 e. The zero-order valence-electron chi connectivity index (χ0n) is 16.7. The summed E-state index contributed by atoms with van der Waals surface area (Å²) in [6.07, 6.45) is 1.42. The number of aromatic hydroxyl groups is 1. The molecule has 4 rings (SSSR count). The predicted octanol–water partition coefficient (Wildman–Crippen LogP) is 3.51. The number of methoxy groups -OCH3 is 2. The second-order valence-electron chi connectivity index (χ2n) is 7.03. The molecule has 1 amide bonds. The van der Waals surface area contributed by atoms with E-state index >= 15 is 0 Å². The van der Waals surface area contributed by atoms with Gasteiger partial charge in [-0.25, -0.2) is 9.18 Å². The largest absolute Gasteiger partial charge is 0.502 e. The number of anilines is 1. The van der Waals surface area contributed by atoms with Crippen LogP contribution in [0.15, 0.2) is 42.6 Å². The number of carboxylic acid groups (broad SMARTS) is 1. The summed E-state index contributed by atoms with van der Waals surface area (Å²) in [7, 11) is 2.78. The Morgan fingerprint density at radius 2 is 1.77 bits per heavy atom. The number of aromatic nitrogens is 1. The van der Waals surface area contributed by atoms with E-state index in [1.807, 2.05) is 0 Å². The molecule has 2 aromatic carbocycles. The van der Waals surface area contributed by atoms with Gasteiger partial charge in [-0.05, 0) is 42.0 Å². The number of nitrogens with one attached hydrogen (secondary N) is 1. The summed E-state index contributed by atoms with van der Waals surface area (Å²) in [5.41, 5.74) is 1.71. The van der Waals surface area contributed by atoms with Crippen LogP contribution in [0.3, 0.4) is 0 Å². The molecule has 0 fully saturated rings. The lowest BCUT2D eigenvalue weighted by atomic mass is 9.87. The van der Waals surface area contributed by atoms with E-state index in [2.05, 4.69) is 5.32 Å². The summed E-state index contributed by atoms with van der Waals surface area (Å²) in [5.74, 6) is -2.46. The molecule has 0 radical (unpaired) electrons. The lowest BCUT2D eigenvalue weighted by Gasteiger charge is -2.27. The summed E-state index contributed by atoms with van der Waals surface area (Å²) >= 11 is 0. The van der Waals surface area contributed by atoms with E-state index in [9.17, 15) is 24.2 Å². The van der Waals surface area contributed by atoms with Crippen LogP contribution in [0.25, 0.3) is 5.69 Å². The van der Waals surface area contributed by atoms with Crippen LogP contribution in [0.1, 0.15) is 34.0 Å². The van der Waals surface area contributed by atoms with E-state index in [0.717, 1.165) is 0 Å². The molecule has 160 valence electrons. The molecule has 1 atom stereocenters. The normalized spacial score (nSPS) is 15.2. The van der Waals surface area contributed by atoms with Gasteiger partial charge in [0, 0.05) is 24.2 Å². The fourth-order valence-electron chi connectivity index (χ4n) is 3.84. The zero-order chi connectivity index (χ0) is 22.3. The van der Waals surface area contributed by atoms with Crippen molar-refractivity contribution in [2.24, 2.45) is 0 Å². The molecule has 1 aliphatic rings. The molecule has 1 aromatic heterocycles. The monoisotopic (exact) mass is 426 g/mol. The Morgan fingerprint density at radius 1 is 1.16 bits per heavy atom. The molecule has 0 aliphatic carbocycles. The quantitative estimate of drug-likeness (QED) is 0.576. The van der Waals surface area contributed by atoms with Crippen LogP contribution in [0.5, 0.6) is 17.2 Å². The van der Waals surface area contributed by atoms with Crippen molar-refractivity contribution < 1.29 is 33.7 Å². The van der Waals surface area contributed by atoms with Gasteiger partial charge in [0.25, 0.3) is 0 Å². The number of carbonyl (C=O) groups excluding carboxylic acids is 1. The minimum absolute atomic E-state index is 0.0222. The van der Waals surface area contributed by atoms with Gasteiger partial charge in [0.15, 0.2) is 11.5 Å². The molecular weight excluding hydrogens is 407 g/mol. The van der Waals surface area contributed by atoms with Gasteiger partial charge in [-0.3, -0.25) is 4.79 Å². The van der Waals surface area contributed by atoms with Gasteiger partial charge in [-0.2, -0.15) is 0 Å². The molecule has 31 heavy (non-hydrogen) atoms. The van der Waals surface area contributed by atoms with Crippen LogP contribution in [-0.4, -0.2) is 40.9 Å². The maximum absolute atomic E-state index is 13.5. The van der Waals surface area contributed by atoms with Crippen molar-refractivity contribution in [2.75, 3.05) is 19.5 Å². The van der Waals surface area contributed by atoms with Crippen molar-refractivity contribution in [1.82, 2.24) is 4.57 Å². The number of aromatic carboxylic acids is 1. The third kappa shape index (κ3) is 3.43. The third-order valence-electron chi connectivity index (χ3n) is 5.27. The van der Waals surface area contributed by atoms with Crippen molar-refractivity contribution in [3.05, 3.63) is 65.2 Å². The summed E-state index contributed by atoms with van der Waals surface area (Å²) in [4.78, 5) is 24.3. The second kappa shape index (κ2) is 7.67. The molecule has 0 unspecified atom stereocenters. The number of fused-ring (bicyclic) bond motifs is 1. The summed E-state index contributed by atoms with van der Waals surface area (Å²) < 4.78 is 25.5. The number of phenols is 1. The molecule has 3 N–H and O–H groups in total. The fraction of sp³-hybridized carbons (Fsp3) is 0.182. The van der Waals surface area contributed by atoms with E-state index in [1.165, 1.54) is 44.7 Å². The molecular formula is C22H19FN2O6. The Bertz CT molecular complexity index is 1160. The lowest BCUT2D eigenvalue weighted by molar-refractivity contribution is -0.116. The molecule has 0 bridgehead atoms. The first-order valence-corrected chi connectivity index (χ1v) is 9.33. The fourth-order valence-corrected chi connectivity index (χ4v) is 3.84. The van der Waals surface area contributed by atoms with Crippen molar-refractivity contribution >= 4 is 17.6 Å².